The highest BCUT2D eigenvalue weighted by Gasteiger charge is 2.19. The van der Waals surface area contributed by atoms with Gasteiger partial charge in [0.2, 0.25) is 0 Å². The molecule has 2 heterocycles. The second-order valence-electron chi connectivity index (χ2n) is 4.27. The maximum atomic E-state index is 4.76. The Kier molecular flexibility index (Phi) is 3.27. The number of hydrogen-bond donors (Lipinski definition) is 1. The number of aromatic nitrogens is 1. The van der Waals surface area contributed by atoms with Crippen LogP contribution in [0.5, 0.6) is 0 Å². The quantitative estimate of drug-likeness (QED) is 0.916. The fourth-order valence-corrected chi connectivity index (χ4v) is 3.32. The Morgan fingerprint density at radius 2 is 2.12 bits per heavy atom. The molecule has 1 saturated heterocycles. The van der Waals surface area contributed by atoms with Crippen LogP contribution in [0.25, 0.3) is 11.3 Å². The molecule has 1 atom stereocenters. The zero-order valence-corrected chi connectivity index (χ0v) is 11.7. The summed E-state index contributed by atoms with van der Waals surface area (Å²) in [4.78, 5) is 4.76. The van der Waals surface area contributed by atoms with Crippen LogP contribution in [0.15, 0.2) is 34.1 Å². The molecule has 0 amide bonds. The first kappa shape index (κ1) is 11.4. The molecular formula is C13H13BrN2S. The van der Waals surface area contributed by atoms with Crippen molar-refractivity contribution >= 4 is 27.3 Å². The molecule has 17 heavy (non-hydrogen) atoms. The third-order valence-corrected chi connectivity index (χ3v) is 4.61. The van der Waals surface area contributed by atoms with E-state index in [0.717, 1.165) is 23.3 Å². The maximum Gasteiger partial charge on any atom is 0.0976 e. The topological polar surface area (TPSA) is 24.9 Å². The number of hydrogen-bond acceptors (Lipinski definition) is 3. The van der Waals surface area contributed by atoms with Crippen LogP contribution in [0.4, 0.5) is 0 Å². The van der Waals surface area contributed by atoms with Gasteiger partial charge in [0.05, 0.1) is 10.7 Å². The Balaban J connectivity index is 1.86. The first-order valence-electron chi connectivity index (χ1n) is 5.75. The van der Waals surface area contributed by atoms with Crippen LogP contribution in [0, 0.1) is 0 Å². The molecule has 2 aromatic rings. The van der Waals surface area contributed by atoms with Gasteiger partial charge in [-0.1, -0.05) is 28.1 Å². The van der Waals surface area contributed by atoms with Crippen molar-refractivity contribution in [1.82, 2.24) is 10.3 Å². The van der Waals surface area contributed by atoms with Crippen LogP contribution in [0.2, 0.25) is 0 Å². The second kappa shape index (κ2) is 4.88. The van der Waals surface area contributed by atoms with E-state index in [2.05, 4.69) is 50.9 Å². The zero-order chi connectivity index (χ0) is 11.7. The summed E-state index contributed by atoms with van der Waals surface area (Å²) < 4.78 is 1.11. The maximum absolute atomic E-state index is 4.76. The van der Waals surface area contributed by atoms with Crippen molar-refractivity contribution in [3.8, 4) is 11.3 Å². The smallest absolute Gasteiger partial charge is 0.0976 e. The molecule has 88 valence electrons. The molecular weight excluding hydrogens is 296 g/mol. The Bertz CT molecular complexity index is 500. The molecule has 1 fully saturated rings. The lowest BCUT2D eigenvalue weighted by Gasteiger charge is -2.02. The third kappa shape index (κ3) is 2.44. The van der Waals surface area contributed by atoms with Crippen molar-refractivity contribution in [3.05, 3.63) is 39.1 Å². The molecule has 0 aliphatic carbocycles. The average Bonchev–Trinajstić information content (AvgIpc) is 3.00. The van der Waals surface area contributed by atoms with Gasteiger partial charge in [-0.25, -0.2) is 4.98 Å². The molecule has 0 spiro atoms. The van der Waals surface area contributed by atoms with Gasteiger partial charge in [-0.3, -0.25) is 0 Å². The highest BCUT2D eigenvalue weighted by Crippen LogP contribution is 2.29. The van der Waals surface area contributed by atoms with E-state index in [1.807, 2.05) is 0 Å². The molecule has 0 radical (unpaired) electrons. The molecule has 1 aliphatic rings. The van der Waals surface area contributed by atoms with Gasteiger partial charge in [0.1, 0.15) is 0 Å². The van der Waals surface area contributed by atoms with Gasteiger partial charge in [0.15, 0.2) is 0 Å². The molecule has 0 saturated carbocycles. The van der Waals surface area contributed by atoms with Crippen LogP contribution in [0.3, 0.4) is 0 Å². The Labute approximate surface area is 113 Å². The lowest BCUT2D eigenvalue weighted by molar-refractivity contribution is 0.756. The van der Waals surface area contributed by atoms with Crippen LogP contribution in [-0.4, -0.2) is 18.1 Å². The standard InChI is InChI=1S/C13H13BrN2S/c14-11-3-1-9(2-4-11)12-8-17-13(16-12)10-5-6-15-7-10/h1-4,8,10,15H,5-7H2. The fourth-order valence-electron chi connectivity index (χ4n) is 2.09. The molecule has 2 nitrogen and oxygen atoms in total. The first-order valence-corrected chi connectivity index (χ1v) is 7.42. The SMILES string of the molecule is Brc1ccc(-c2csc(C3CCNC3)n2)cc1. The van der Waals surface area contributed by atoms with E-state index in [1.54, 1.807) is 11.3 Å². The number of thiazole rings is 1. The van der Waals surface area contributed by atoms with Gasteiger partial charge in [0, 0.05) is 27.9 Å². The molecule has 1 unspecified atom stereocenters. The molecule has 3 rings (SSSR count). The number of nitrogens with one attached hydrogen (secondary N) is 1. The van der Waals surface area contributed by atoms with E-state index in [9.17, 15) is 0 Å². The van der Waals surface area contributed by atoms with E-state index >= 15 is 0 Å². The number of nitrogens with zero attached hydrogens (tertiary/aromatic N) is 1. The summed E-state index contributed by atoms with van der Waals surface area (Å²) in [6.07, 6.45) is 1.22. The normalized spacial score (nSPS) is 19.7. The zero-order valence-electron chi connectivity index (χ0n) is 9.32. The minimum atomic E-state index is 0.615. The predicted molar refractivity (Wildman–Crippen MR) is 75.5 cm³/mol. The fraction of sp³-hybridized carbons (Fsp3) is 0.308. The van der Waals surface area contributed by atoms with Crippen molar-refractivity contribution in [2.75, 3.05) is 13.1 Å². The summed E-state index contributed by atoms with van der Waals surface area (Å²) >= 11 is 5.23. The van der Waals surface area contributed by atoms with Gasteiger partial charge in [0.25, 0.3) is 0 Å². The monoisotopic (exact) mass is 308 g/mol. The van der Waals surface area contributed by atoms with E-state index in [1.165, 1.54) is 17.0 Å². The van der Waals surface area contributed by atoms with Crippen molar-refractivity contribution in [1.29, 1.82) is 0 Å². The predicted octanol–water partition coefficient (Wildman–Crippen LogP) is 3.65. The lowest BCUT2D eigenvalue weighted by Crippen LogP contribution is -2.07. The van der Waals surface area contributed by atoms with E-state index in [4.69, 9.17) is 4.98 Å². The number of benzene rings is 1. The van der Waals surface area contributed by atoms with Crippen molar-refractivity contribution < 1.29 is 0 Å². The van der Waals surface area contributed by atoms with Crippen LogP contribution in [-0.2, 0) is 0 Å². The molecule has 4 heteroatoms. The van der Waals surface area contributed by atoms with Crippen molar-refractivity contribution in [3.63, 3.8) is 0 Å². The second-order valence-corrected chi connectivity index (χ2v) is 6.07. The van der Waals surface area contributed by atoms with Crippen molar-refractivity contribution in [2.45, 2.75) is 12.3 Å². The molecule has 1 aromatic heterocycles. The van der Waals surface area contributed by atoms with Gasteiger partial charge in [-0.15, -0.1) is 11.3 Å². The van der Waals surface area contributed by atoms with Crippen LogP contribution < -0.4 is 5.32 Å². The summed E-state index contributed by atoms with van der Waals surface area (Å²) in [5.74, 6) is 0.615. The number of rotatable bonds is 2. The Morgan fingerprint density at radius 3 is 2.82 bits per heavy atom. The van der Waals surface area contributed by atoms with E-state index in [-0.39, 0.29) is 0 Å². The molecule has 1 aliphatic heterocycles. The van der Waals surface area contributed by atoms with E-state index in [0.29, 0.717) is 5.92 Å². The largest absolute Gasteiger partial charge is 0.316 e. The summed E-state index contributed by atoms with van der Waals surface area (Å²) in [7, 11) is 0. The van der Waals surface area contributed by atoms with E-state index < -0.39 is 0 Å². The Hall–Kier alpha value is -0.710. The number of halogens is 1. The summed E-state index contributed by atoms with van der Waals surface area (Å²) in [5, 5.41) is 6.82. The van der Waals surface area contributed by atoms with Gasteiger partial charge in [-0.2, -0.15) is 0 Å². The summed E-state index contributed by atoms with van der Waals surface area (Å²) in [6.45, 7) is 2.20. The van der Waals surface area contributed by atoms with Crippen LogP contribution in [0.1, 0.15) is 17.3 Å². The Morgan fingerprint density at radius 1 is 1.29 bits per heavy atom. The third-order valence-electron chi connectivity index (χ3n) is 3.07. The lowest BCUT2D eigenvalue weighted by atomic mass is 10.1. The molecule has 0 bridgehead atoms. The average molecular weight is 309 g/mol. The highest BCUT2D eigenvalue weighted by molar-refractivity contribution is 9.10. The molecule has 1 aromatic carbocycles. The highest BCUT2D eigenvalue weighted by atomic mass is 79.9. The van der Waals surface area contributed by atoms with Gasteiger partial charge in [-0.05, 0) is 25.1 Å². The minimum Gasteiger partial charge on any atom is -0.316 e. The van der Waals surface area contributed by atoms with Gasteiger partial charge < -0.3 is 5.32 Å². The first-order chi connectivity index (χ1) is 8.33. The minimum absolute atomic E-state index is 0.615. The van der Waals surface area contributed by atoms with Crippen molar-refractivity contribution in [2.24, 2.45) is 0 Å². The van der Waals surface area contributed by atoms with Crippen LogP contribution >= 0.6 is 27.3 Å². The molecule has 1 N–H and O–H groups in total. The summed E-state index contributed by atoms with van der Waals surface area (Å²) in [6, 6.07) is 8.34. The van der Waals surface area contributed by atoms with Gasteiger partial charge >= 0.3 is 0 Å². The summed E-state index contributed by atoms with van der Waals surface area (Å²) in [5.41, 5.74) is 2.30.